The molecule has 1 aliphatic carbocycles. The van der Waals surface area contributed by atoms with Gasteiger partial charge >= 0.3 is 5.97 Å². The fraction of sp³-hybridized carbons (Fsp3) is 0.459. The predicted octanol–water partition coefficient (Wildman–Crippen LogP) is 6.65. The summed E-state index contributed by atoms with van der Waals surface area (Å²) in [6.45, 7) is 17.7. The van der Waals surface area contributed by atoms with Gasteiger partial charge in [0.15, 0.2) is 0 Å². The van der Waals surface area contributed by atoms with E-state index >= 15 is 0 Å². The van der Waals surface area contributed by atoms with Gasteiger partial charge in [0.2, 0.25) is 5.36 Å². The summed E-state index contributed by atoms with van der Waals surface area (Å²) in [5.41, 5.74) is 5.35. The Labute approximate surface area is 267 Å². The lowest BCUT2D eigenvalue weighted by atomic mass is 9.91. The molecule has 1 heterocycles. The maximum absolute atomic E-state index is 12.2. The predicted molar refractivity (Wildman–Crippen MR) is 180 cm³/mol. The van der Waals surface area contributed by atoms with Crippen LogP contribution in [0.2, 0.25) is 0 Å². The Morgan fingerprint density at radius 1 is 0.911 bits per heavy atom. The molecule has 0 radical (unpaired) electrons. The van der Waals surface area contributed by atoms with Crippen LogP contribution >= 0.6 is 0 Å². The van der Waals surface area contributed by atoms with E-state index in [9.17, 15) is 9.90 Å². The van der Waals surface area contributed by atoms with Gasteiger partial charge in [-0.2, -0.15) is 0 Å². The molecule has 1 aliphatic heterocycles. The van der Waals surface area contributed by atoms with Crippen molar-refractivity contribution in [3.63, 3.8) is 0 Å². The third-order valence-corrected chi connectivity index (χ3v) is 8.63. The number of rotatable bonds is 15. The number of esters is 1. The molecule has 0 aromatic heterocycles. The first kappa shape index (κ1) is 34.2. The van der Waals surface area contributed by atoms with E-state index in [2.05, 4.69) is 79.6 Å². The smallest absolute Gasteiger partial charge is 0.311 e. The number of carbonyl (C=O) groups excluding carboxylic acids is 1. The van der Waals surface area contributed by atoms with Gasteiger partial charge in [-0.05, 0) is 77.3 Å². The number of hydrogen-bond donors (Lipinski definition) is 1. The number of aliphatic hydroxyl groups is 1. The molecule has 4 rings (SSSR count). The fourth-order valence-electron chi connectivity index (χ4n) is 5.41. The van der Waals surface area contributed by atoms with Crippen molar-refractivity contribution in [3.8, 4) is 22.5 Å². The average molecular weight is 618 g/mol. The molecule has 2 aliphatic rings. The Balaban J connectivity index is 1.66. The molecule has 0 amide bonds. The topological polar surface area (TPSA) is 84.4 Å². The van der Waals surface area contributed by atoms with Crippen molar-refractivity contribution in [3.05, 3.63) is 71.6 Å². The standard InChI is InChI=1S/C37H49N2O6/c1-8-37(6,7)36(41)42-24-29(40)25-44-43-23-26-15-13-14-16-30(26)35-31-19-17-27(38(9-2)10-3)21-33(31)45-34-22-28(18-20-32(34)35)39(11-4)12-5/h13-22,29,40H,8-12,23-25H2,1-7H3/q+1. The van der Waals surface area contributed by atoms with Gasteiger partial charge in [0.25, 0.3) is 0 Å². The summed E-state index contributed by atoms with van der Waals surface area (Å²) in [4.78, 5) is 25.5. The van der Waals surface area contributed by atoms with Gasteiger partial charge in [-0.3, -0.25) is 4.79 Å². The van der Waals surface area contributed by atoms with Crippen LogP contribution in [0.1, 0.15) is 60.5 Å². The molecule has 2 aromatic carbocycles. The zero-order valence-electron chi connectivity index (χ0n) is 27.9. The third-order valence-electron chi connectivity index (χ3n) is 8.63. The highest BCUT2D eigenvalue weighted by Gasteiger charge is 2.28. The molecular weight excluding hydrogens is 568 g/mol. The molecule has 45 heavy (non-hydrogen) atoms. The Bertz CT molecular complexity index is 1620. The fourth-order valence-corrected chi connectivity index (χ4v) is 5.41. The van der Waals surface area contributed by atoms with Gasteiger partial charge in [-0.1, -0.05) is 31.2 Å². The summed E-state index contributed by atoms with van der Waals surface area (Å²) in [5.74, 6) is 0.468. The second kappa shape index (κ2) is 15.5. The van der Waals surface area contributed by atoms with E-state index in [1.54, 1.807) is 0 Å². The van der Waals surface area contributed by atoms with Crippen LogP contribution in [-0.2, 0) is 25.9 Å². The van der Waals surface area contributed by atoms with Gasteiger partial charge in [0.1, 0.15) is 50.4 Å². The van der Waals surface area contributed by atoms with Crippen molar-refractivity contribution in [2.75, 3.05) is 44.3 Å². The van der Waals surface area contributed by atoms with Crippen molar-refractivity contribution in [1.82, 2.24) is 4.58 Å². The number of ether oxygens (including phenoxy) is 1. The highest BCUT2D eigenvalue weighted by molar-refractivity contribution is 6.03. The molecule has 1 unspecified atom stereocenters. The summed E-state index contributed by atoms with van der Waals surface area (Å²) in [5, 5.41) is 12.4. The summed E-state index contributed by atoms with van der Waals surface area (Å²) >= 11 is 0. The average Bonchev–Trinajstić information content (AvgIpc) is 3.05. The van der Waals surface area contributed by atoms with Gasteiger partial charge in [-0.15, -0.1) is 0 Å². The molecule has 8 nitrogen and oxygen atoms in total. The van der Waals surface area contributed by atoms with E-state index in [1.165, 1.54) is 0 Å². The molecule has 1 atom stereocenters. The van der Waals surface area contributed by atoms with Crippen LogP contribution in [0.15, 0.2) is 65.1 Å². The monoisotopic (exact) mass is 617 g/mol. The van der Waals surface area contributed by atoms with Crippen molar-refractivity contribution < 1.29 is 28.8 Å². The summed E-state index contributed by atoms with van der Waals surface area (Å²) in [6, 6.07) is 21.0. The van der Waals surface area contributed by atoms with E-state index < -0.39 is 11.5 Å². The maximum atomic E-state index is 12.2. The summed E-state index contributed by atoms with van der Waals surface area (Å²) in [6.07, 6.45) is -0.352. The van der Waals surface area contributed by atoms with Crippen LogP contribution in [0.4, 0.5) is 5.69 Å². The molecule has 0 bridgehead atoms. The molecule has 0 fully saturated rings. The molecule has 8 heteroatoms. The van der Waals surface area contributed by atoms with Crippen LogP contribution in [-0.4, -0.2) is 56.6 Å². The number of benzene rings is 3. The lowest BCUT2D eigenvalue weighted by Gasteiger charge is -2.23. The van der Waals surface area contributed by atoms with Crippen molar-refractivity contribution in [2.24, 2.45) is 5.41 Å². The second-order valence-electron chi connectivity index (χ2n) is 11.9. The van der Waals surface area contributed by atoms with Crippen LogP contribution < -0.4 is 14.8 Å². The molecule has 0 saturated carbocycles. The zero-order valence-corrected chi connectivity index (χ0v) is 27.9. The van der Waals surface area contributed by atoms with E-state index in [-0.39, 0.29) is 25.8 Å². The number of fused-ring (bicyclic) bond motifs is 2. The normalized spacial score (nSPS) is 12.4. The highest BCUT2D eigenvalue weighted by atomic mass is 17.2. The Hall–Kier alpha value is -3.72. The van der Waals surface area contributed by atoms with Crippen LogP contribution in [0.25, 0.3) is 33.4 Å². The van der Waals surface area contributed by atoms with Crippen LogP contribution in [0.5, 0.6) is 0 Å². The lowest BCUT2D eigenvalue weighted by Crippen LogP contribution is -2.30. The Kier molecular flexibility index (Phi) is 11.8. The Morgan fingerprint density at radius 3 is 2.33 bits per heavy atom. The van der Waals surface area contributed by atoms with Gasteiger partial charge in [0, 0.05) is 47.4 Å². The number of anilines is 1. The first-order valence-electron chi connectivity index (χ1n) is 16.2. The zero-order chi connectivity index (χ0) is 32.6. The number of aliphatic hydroxyl groups excluding tert-OH is 1. The minimum atomic E-state index is -1.000. The first-order valence-corrected chi connectivity index (χ1v) is 16.2. The highest BCUT2D eigenvalue weighted by Crippen LogP contribution is 2.42. The van der Waals surface area contributed by atoms with E-state index in [1.807, 2.05) is 39.0 Å². The molecule has 0 spiro atoms. The largest absolute Gasteiger partial charge is 0.462 e. The summed E-state index contributed by atoms with van der Waals surface area (Å²) < 4.78 is 14.2. The quantitative estimate of drug-likeness (QED) is 0.0399. The number of hydrogen-bond acceptors (Lipinski definition) is 7. The van der Waals surface area contributed by atoms with Crippen molar-refractivity contribution >= 4 is 22.6 Å². The summed E-state index contributed by atoms with van der Waals surface area (Å²) in [7, 11) is 0. The van der Waals surface area contributed by atoms with Gasteiger partial charge in [-0.25, -0.2) is 14.4 Å². The molecular formula is C37H49N2O6+. The SMILES string of the molecule is CCN(CC)c1ccc2c(-c3ccccc3COOCC(O)COC(=O)C(C)(C)CC)c3ccc(=[N+](CC)CC)cc-3oc2c1. The maximum Gasteiger partial charge on any atom is 0.311 e. The van der Waals surface area contributed by atoms with E-state index in [0.29, 0.717) is 6.42 Å². The van der Waals surface area contributed by atoms with E-state index in [0.717, 1.165) is 76.2 Å². The number of carbonyl (C=O) groups is 1. The lowest BCUT2D eigenvalue weighted by molar-refractivity contribution is -0.315. The van der Waals surface area contributed by atoms with E-state index in [4.69, 9.17) is 18.9 Å². The minimum Gasteiger partial charge on any atom is -0.462 e. The molecule has 2 aromatic rings. The second-order valence-corrected chi connectivity index (χ2v) is 11.9. The van der Waals surface area contributed by atoms with Crippen molar-refractivity contribution in [2.45, 2.75) is 67.6 Å². The first-order chi connectivity index (χ1) is 21.7. The molecule has 242 valence electrons. The van der Waals surface area contributed by atoms with Crippen molar-refractivity contribution in [1.29, 1.82) is 0 Å². The van der Waals surface area contributed by atoms with Gasteiger partial charge in [0.05, 0.1) is 11.5 Å². The number of nitrogens with zero attached hydrogens (tertiary/aromatic N) is 2. The third kappa shape index (κ3) is 7.93. The molecule has 1 N–H and O–H groups in total. The van der Waals surface area contributed by atoms with Crippen LogP contribution in [0.3, 0.4) is 0 Å². The van der Waals surface area contributed by atoms with Crippen LogP contribution in [0, 0.1) is 5.41 Å². The molecule has 0 saturated heterocycles. The minimum absolute atomic E-state index is 0.125. The Morgan fingerprint density at radius 2 is 1.64 bits per heavy atom. The van der Waals surface area contributed by atoms with Gasteiger partial charge < -0.3 is 19.2 Å².